The Balaban J connectivity index is 0.849. The Bertz CT molecular complexity index is 2230. The minimum atomic E-state index is -0.932. The van der Waals surface area contributed by atoms with Gasteiger partial charge in [0.15, 0.2) is 17.3 Å². The number of carbonyl (C=O) groups is 9. The fraction of sp³-hybridized carbons (Fsp3) is 0.762. The molecule has 4 rings (SSSR count). The molecule has 24 nitrogen and oxygen atoms in total. The first-order chi connectivity index (χ1) is 41.7. The number of carbonyl (C=O) groups excluding carboxylic acids is 9. The molecule has 6 amide bonds. The van der Waals surface area contributed by atoms with Gasteiger partial charge < -0.3 is 68.6 Å². The Morgan fingerprint density at radius 1 is 0.563 bits per heavy atom. The molecule has 4 N–H and O–H groups in total. The second-order valence-electron chi connectivity index (χ2n) is 24.3. The third-order valence-electron chi connectivity index (χ3n) is 15.0. The Morgan fingerprint density at radius 3 is 1.56 bits per heavy atom. The summed E-state index contributed by atoms with van der Waals surface area (Å²) in [7, 11) is 0. The van der Waals surface area contributed by atoms with Gasteiger partial charge in [-0.3, -0.25) is 48.1 Å². The smallest absolute Gasteiger partial charge is 0.246 e. The van der Waals surface area contributed by atoms with E-state index in [1.54, 1.807) is 0 Å². The lowest BCUT2D eigenvalue weighted by atomic mass is 9.79. The van der Waals surface area contributed by atoms with E-state index in [9.17, 15) is 43.2 Å². The van der Waals surface area contributed by atoms with Gasteiger partial charge in [-0.2, -0.15) is 0 Å². The van der Waals surface area contributed by atoms with Gasteiger partial charge in [-0.25, -0.2) is 0 Å². The number of rotatable bonds is 49. The van der Waals surface area contributed by atoms with E-state index in [-0.39, 0.29) is 136 Å². The monoisotopic (exact) mass is 1230 g/mol. The lowest BCUT2D eigenvalue weighted by Crippen LogP contribution is -2.43. The summed E-state index contributed by atoms with van der Waals surface area (Å²) in [6.07, 6.45) is 4.18. The Labute approximate surface area is 514 Å². The van der Waals surface area contributed by atoms with Crippen LogP contribution in [0.2, 0.25) is 0 Å². The average molecular weight is 1230 g/mol. The van der Waals surface area contributed by atoms with Gasteiger partial charge in [-0.05, 0) is 67.8 Å². The lowest BCUT2D eigenvalue weighted by molar-refractivity contribution is -0.142. The van der Waals surface area contributed by atoms with Crippen molar-refractivity contribution in [1.82, 2.24) is 26.2 Å². The molecule has 0 radical (unpaired) electrons. The van der Waals surface area contributed by atoms with E-state index in [0.717, 1.165) is 44.1 Å². The summed E-state index contributed by atoms with van der Waals surface area (Å²) in [5.74, 6) is -2.24. The molecule has 3 atom stereocenters. The molecule has 3 fully saturated rings. The number of ether oxygens (including phenoxy) is 10. The predicted molar refractivity (Wildman–Crippen MR) is 319 cm³/mol. The van der Waals surface area contributed by atoms with Gasteiger partial charge in [0.05, 0.1) is 131 Å². The fourth-order valence-corrected chi connectivity index (χ4v) is 9.65. The fourth-order valence-electron chi connectivity index (χ4n) is 9.65. The largest absolute Gasteiger partial charge is 0.377 e. The molecule has 0 aromatic heterocycles. The van der Waals surface area contributed by atoms with Crippen LogP contribution in [0.5, 0.6) is 0 Å². The molecule has 0 bridgehead atoms. The number of nitrogens with zero attached hydrogens (tertiary/aromatic N) is 1. The highest BCUT2D eigenvalue weighted by molar-refractivity contribution is 6.04. The van der Waals surface area contributed by atoms with Crippen molar-refractivity contribution in [2.24, 2.45) is 34.5 Å². The number of amides is 6. The predicted octanol–water partition coefficient (Wildman–Crippen LogP) is 3.51. The number of likely N-dealkylation sites (tertiary alicyclic amines) is 1. The zero-order valence-corrected chi connectivity index (χ0v) is 52.6. The van der Waals surface area contributed by atoms with Crippen molar-refractivity contribution < 1.29 is 90.5 Å². The first-order valence-electron chi connectivity index (χ1n) is 31.1. The van der Waals surface area contributed by atoms with Gasteiger partial charge in [-0.1, -0.05) is 71.9 Å². The summed E-state index contributed by atoms with van der Waals surface area (Å²) in [6, 6.07) is 8.17. The zero-order chi connectivity index (χ0) is 63.3. The van der Waals surface area contributed by atoms with Crippen LogP contribution in [0.1, 0.15) is 118 Å². The van der Waals surface area contributed by atoms with E-state index in [1.807, 2.05) is 71.9 Å². The van der Waals surface area contributed by atoms with E-state index in [4.69, 9.17) is 47.4 Å². The molecule has 3 aliphatic rings. The van der Waals surface area contributed by atoms with Crippen LogP contribution < -0.4 is 21.3 Å². The van der Waals surface area contributed by atoms with Crippen LogP contribution in [0, 0.1) is 34.5 Å². The Morgan fingerprint density at radius 2 is 1.07 bits per heavy atom. The molecular weight excluding hydrogens is 1130 g/mol. The first-order valence-corrected chi connectivity index (χ1v) is 31.1. The zero-order valence-electron chi connectivity index (χ0n) is 52.6. The number of Topliss-reactive ketones (excluding diaryl/α,β-unsaturated/α-hetero) is 3. The van der Waals surface area contributed by atoms with Crippen molar-refractivity contribution in [3.05, 3.63) is 35.9 Å². The maximum atomic E-state index is 13.3. The van der Waals surface area contributed by atoms with Crippen LogP contribution in [0.25, 0.3) is 0 Å². The van der Waals surface area contributed by atoms with Gasteiger partial charge >= 0.3 is 0 Å². The van der Waals surface area contributed by atoms with Gasteiger partial charge in [0.1, 0.15) is 19.4 Å². The van der Waals surface area contributed by atoms with E-state index < -0.39 is 35.3 Å². The van der Waals surface area contributed by atoms with Gasteiger partial charge in [-0.15, -0.1) is 0 Å². The molecule has 87 heavy (non-hydrogen) atoms. The number of hydrogen-bond acceptors (Lipinski definition) is 19. The summed E-state index contributed by atoms with van der Waals surface area (Å²) < 4.78 is 55.3. The second-order valence-corrected chi connectivity index (χ2v) is 24.3. The maximum absolute atomic E-state index is 13.3. The molecular formula is C63H101N5O19. The van der Waals surface area contributed by atoms with Gasteiger partial charge in [0, 0.05) is 56.5 Å². The third-order valence-corrected chi connectivity index (χ3v) is 15.0. The normalized spacial score (nSPS) is 17.9. The molecule has 0 spiro atoms. The van der Waals surface area contributed by atoms with Crippen molar-refractivity contribution in [3.63, 3.8) is 0 Å². The van der Waals surface area contributed by atoms with Crippen LogP contribution in [0.4, 0.5) is 0 Å². The minimum Gasteiger partial charge on any atom is -0.377 e. The van der Waals surface area contributed by atoms with Crippen LogP contribution >= 0.6 is 0 Å². The van der Waals surface area contributed by atoms with E-state index >= 15 is 0 Å². The first kappa shape index (κ1) is 74.3. The number of nitrogens with one attached hydrogen (secondary N) is 4. The molecule has 1 heterocycles. The van der Waals surface area contributed by atoms with Crippen molar-refractivity contribution in [1.29, 1.82) is 0 Å². The summed E-state index contributed by atoms with van der Waals surface area (Å²) in [4.78, 5) is 116. The van der Waals surface area contributed by atoms with E-state index in [2.05, 4.69) is 21.3 Å². The average Bonchev–Trinajstić information content (AvgIpc) is 1.97. The Hall–Kier alpha value is -5.15. The third kappa shape index (κ3) is 32.2. The molecule has 2 saturated carbocycles. The van der Waals surface area contributed by atoms with Crippen molar-refractivity contribution in [2.45, 2.75) is 131 Å². The highest BCUT2D eigenvalue weighted by Gasteiger charge is 2.45. The molecule has 2 aliphatic carbocycles. The standard InChI is InChI=1S/C63H101N5O19/c1-62(2,3)51-41-57(74)68(61(51)77)43-47-12-14-49(15-13-47)60(76)64-22-23-78-24-25-79-26-27-80-28-29-81-30-31-82-32-33-83-34-35-84-36-37-85-38-39-86-44-56(73)65-42-50(69)18-20-55(72)67-52(40-46-10-8-7-9-11-46)53(70)19-21-54(71)66-45-87-58(48-16-17-48)59(75)63(4,5)6/h7-11,47-49,51-52,58H,12-45H2,1-6H3,(H,64,76)(H,65,73)(H,66,71)(H,67,72)/t47?,49?,51?,52-,58+/m0/s1. The maximum Gasteiger partial charge on any atom is 0.246 e. The van der Waals surface area contributed by atoms with Crippen LogP contribution in [0.15, 0.2) is 30.3 Å². The molecule has 1 saturated heterocycles. The van der Waals surface area contributed by atoms with Crippen LogP contribution in [-0.4, -0.2) is 215 Å². The number of imide groups is 1. The minimum absolute atomic E-state index is 0.0152. The van der Waals surface area contributed by atoms with Crippen molar-refractivity contribution in [3.8, 4) is 0 Å². The number of hydrogen-bond donors (Lipinski definition) is 4. The van der Waals surface area contributed by atoms with E-state index in [0.29, 0.717) is 112 Å². The highest BCUT2D eigenvalue weighted by Crippen LogP contribution is 2.39. The van der Waals surface area contributed by atoms with Crippen LogP contribution in [-0.2, 0) is 96.9 Å². The second kappa shape index (κ2) is 42.0. The van der Waals surface area contributed by atoms with Gasteiger partial charge in [0.2, 0.25) is 35.4 Å². The topological polar surface area (TPSA) is 297 Å². The highest BCUT2D eigenvalue weighted by atomic mass is 16.6. The lowest BCUT2D eigenvalue weighted by Gasteiger charge is -2.31. The quantitative estimate of drug-likeness (QED) is 0.0412. The molecule has 1 aromatic carbocycles. The summed E-state index contributed by atoms with van der Waals surface area (Å²) in [5, 5.41) is 10.8. The molecule has 492 valence electrons. The summed E-state index contributed by atoms with van der Waals surface area (Å²) >= 11 is 0. The van der Waals surface area contributed by atoms with E-state index in [1.165, 1.54) is 4.90 Å². The number of benzene rings is 1. The molecule has 1 aromatic rings. The summed E-state index contributed by atoms with van der Waals surface area (Å²) in [5.41, 5.74) is -0.00829. The molecule has 1 unspecified atom stereocenters. The number of ketones is 3. The van der Waals surface area contributed by atoms with Crippen LogP contribution in [0.3, 0.4) is 0 Å². The van der Waals surface area contributed by atoms with Crippen molar-refractivity contribution in [2.75, 3.05) is 145 Å². The SMILES string of the molecule is CC(C)(C)C(=O)[C@H](OCNC(=O)CCC(=O)[C@H](Cc1ccccc1)NC(=O)CCC(=O)CNC(=O)COCCOCCOCCOCCOCCOCCOCCOCCOCCNC(=O)C1CCC(CN2C(=O)CC(C(C)(C)C)C2=O)CC1)C1CC1. The Kier molecular flexibility index (Phi) is 35.8. The van der Waals surface area contributed by atoms with Gasteiger partial charge in [0.25, 0.3) is 0 Å². The van der Waals surface area contributed by atoms with Crippen molar-refractivity contribution >= 4 is 52.8 Å². The molecule has 24 heteroatoms. The molecule has 1 aliphatic heterocycles. The summed E-state index contributed by atoms with van der Waals surface area (Å²) in [6.45, 7) is 18.1.